The molecular formula is C24H32N2O2. The van der Waals surface area contributed by atoms with Crippen LogP contribution in [0, 0.1) is 0 Å². The van der Waals surface area contributed by atoms with Crippen molar-refractivity contribution in [2.45, 2.75) is 51.0 Å². The first-order valence-corrected chi connectivity index (χ1v) is 10.5. The van der Waals surface area contributed by atoms with E-state index in [0.717, 1.165) is 37.1 Å². The molecule has 4 nitrogen and oxygen atoms in total. The molecule has 0 unspecified atom stereocenters. The first-order valence-electron chi connectivity index (χ1n) is 10.5. The first kappa shape index (κ1) is 20.2. The largest absolute Gasteiger partial charge is 0.491 e. The summed E-state index contributed by atoms with van der Waals surface area (Å²) in [5, 5.41) is 3.28. The summed E-state index contributed by atoms with van der Waals surface area (Å²) in [5.41, 5.74) is 2.21. The van der Waals surface area contributed by atoms with Gasteiger partial charge in [-0.15, -0.1) is 0 Å². The molecule has 3 rings (SSSR count). The molecule has 2 aromatic rings. The summed E-state index contributed by atoms with van der Waals surface area (Å²) in [7, 11) is 1.94. The van der Waals surface area contributed by atoms with Gasteiger partial charge in [0.05, 0.1) is 18.8 Å². The summed E-state index contributed by atoms with van der Waals surface area (Å²) in [6.07, 6.45) is 7.98. The van der Waals surface area contributed by atoms with Crippen molar-refractivity contribution in [1.29, 1.82) is 0 Å². The van der Waals surface area contributed by atoms with Gasteiger partial charge in [-0.05, 0) is 43.4 Å². The average Bonchev–Trinajstić information content (AvgIpc) is 2.76. The molecule has 0 aliphatic heterocycles. The van der Waals surface area contributed by atoms with Crippen LogP contribution in [0.2, 0.25) is 0 Å². The topological polar surface area (TPSA) is 41.6 Å². The molecule has 1 N–H and O–H groups in total. The van der Waals surface area contributed by atoms with Crippen LogP contribution >= 0.6 is 0 Å². The molecule has 0 atom stereocenters. The third-order valence-electron chi connectivity index (χ3n) is 5.54. The summed E-state index contributed by atoms with van der Waals surface area (Å²) in [6, 6.07) is 18.7. The van der Waals surface area contributed by atoms with Gasteiger partial charge in [-0.2, -0.15) is 0 Å². The molecule has 1 aliphatic carbocycles. The van der Waals surface area contributed by atoms with Crippen LogP contribution in [-0.4, -0.2) is 37.0 Å². The fraction of sp³-hybridized carbons (Fsp3) is 0.458. The highest BCUT2D eigenvalue weighted by Gasteiger charge is 2.21. The van der Waals surface area contributed by atoms with E-state index in [0.29, 0.717) is 19.2 Å². The van der Waals surface area contributed by atoms with Gasteiger partial charge in [0.1, 0.15) is 5.75 Å². The molecule has 2 aromatic carbocycles. The quantitative estimate of drug-likeness (QED) is 0.629. The van der Waals surface area contributed by atoms with Gasteiger partial charge >= 0.3 is 0 Å². The van der Waals surface area contributed by atoms with Crippen LogP contribution in [0.5, 0.6) is 5.75 Å². The number of hydrogen-bond donors (Lipinski definition) is 1. The van der Waals surface area contributed by atoms with Crippen LogP contribution in [0.4, 0.5) is 5.69 Å². The second-order valence-corrected chi connectivity index (χ2v) is 7.58. The zero-order valence-electron chi connectivity index (χ0n) is 16.9. The van der Waals surface area contributed by atoms with Crippen molar-refractivity contribution in [3.05, 3.63) is 60.2 Å². The van der Waals surface area contributed by atoms with E-state index in [1.54, 1.807) is 0 Å². The fourth-order valence-corrected chi connectivity index (χ4v) is 3.81. The Bertz CT molecular complexity index is 726. The Morgan fingerprint density at radius 1 is 1.04 bits per heavy atom. The minimum atomic E-state index is 0.144. The van der Waals surface area contributed by atoms with Crippen molar-refractivity contribution in [1.82, 2.24) is 4.90 Å². The second-order valence-electron chi connectivity index (χ2n) is 7.58. The van der Waals surface area contributed by atoms with Gasteiger partial charge in [0.15, 0.2) is 0 Å². The fourth-order valence-electron chi connectivity index (χ4n) is 3.81. The molecule has 1 fully saturated rings. The molecule has 1 amide bonds. The Labute approximate surface area is 168 Å². The Balaban J connectivity index is 1.45. The van der Waals surface area contributed by atoms with E-state index in [1.165, 1.54) is 24.8 Å². The van der Waals surface area contributed by atoms with Gasteiger partial charge in [-0.3, -0.25) is 4.79 Å². The molecule has 150 valence electrons. The molecule has 1 saturated carbocycles. The van der Waals surface area contributed by atoms with E-state index in [2.05, 4.69) is 29.6 Å². The Morgan fingerprint density at radius 2 is 1.75 bits per heavy atom. The number of carbonyl (C=O) groups excluding carboxylic acids is 1. The first-order chi connectivity index (χ1) is 13.7. The molecule has 0 radical (unpaired) electrons. The van der Waals surface area contributed by atoms with Crippen molar-refractivity contribution < 1.29 is 9.53 Å². The molecule has 28 heavy (non-hydrogen) atoms. The molecular weight excluding hydrogens is 348 g/mol. The summed E-state index contributed by atoms with van der Waals surface area (Å²) in [4.78, 5) is 14.5. The molecule has 4 heteroatoms. The zero-order chi connectivity index (χ0) is 19.6. The third-order valence-corrected chi connectivity index (χ3v) is 5.54. The number of nitrogens with zero attached hydrogens (tertiary/aromatic N) is 1. The minimum Gasteiger partial charge on any atom is -0.491 e. The molecule has 0 saturated heterocycles. The molecule has 0 heterocycles. The van der Waals surface area contributed by atoms with Gasteiger partial charge in [0.2, 0.25) is 5.91 Å². The van der Waals surface area contributed by atoms with Crippen LogP contribution in [0.3, 0.4) is 0 Å². The van der Waals surface area contributed by atoms with Crippen LogP contribution in [0.25, 0.3) is 0 Å². The predicted molar refractivity (Wildman–Crippen MR) is 115 cm³/mol. The molecule has 1 aliphatic rings. The SMILES string of the molecule is CN(C(=O)CNc1ccccc1OCCCc1ccccc1)C1CCCCC1. The molecule has 0 bridgehead atoms. The Morgan fingerprint density at radius 3 is 2.54 bits per heavy atom. The van der Waals surface area contributed by atoms with Crippen molar-refractivity contribution in [3.8, 4) is 5.75 Å². The maximum atomic E-state index is 12.6. The van der Waals surface area contributed by atoms with E-state index < -0.39 is 0 Å². The summed E-state index contributed by atoms with van der Waals surface area (Å²) in [6.45, 7) is 0.959. The van der Waals surface area contributed by atoms with Crippen LogP contribution in [0.1, 0.15) is 44.1 Å². The number of amides is 1. The molecule has 0 aromatic heterocycles. The lowest BCUT2D eigenvalue weighted by Crippen LogP contribution is -2.41. The van der Waals surface area contributed by atoms with Crippen LogP contribution in [0.15, 0.2) is 54.6 Å². The standard InChI is InChI=1S/C24H32N2O2/c1-26(21-14-6-3-7-15-21)24(27)19-25-22-16-8-9-17-23(22)28-18-10-13-20-11-4-2-5-12-20/h2,4-5,8-9,11-12,16-17,21,25H,3,6-7,10,13-15,18-19H2,1H3. The van der Waals surface area contributed by atoms with Gasteiger partial charge in [-0.1, -0.05) is 61.7 Å². The Hall–Kier alpha value is -2.49. The van der Waals surface area contributed by atoms with E-state index >= 15 is 0 Å². The number of hydrogen-bond acceptors (Lipinski definition) is 3. The van der Waals surface area contributed by atoms with E-state index in [1.807, 2.05) is 42.3 Å². The number of carbonyl (C=O) groups is 1. The lowest BCUT2D eigenvalue weighted by molar-refractivity contribution is -0.130. The maximum absolute atomic E-state index is 12.6. The van der Waals surface area contributed by atoms with Gasteiger partial charge < -0.3 is 15.0 Å². The zero-order valence-corrected chi connectivity index (χ0v) is 16.9. The highest BCUT2D eigenvalue weighted by Crippen LogP contribution is 2.25. The van der Waals surface area contributed by atoms with Gasteiger partial charge in [0.25, 0.3) is 0 Å². The summed E-state index contributed by atoms with van der Waals surface area (Å²) < 4.78 is 5.98. The minimum absolute atomic E-state index is 0.144. The second kappa shape index (κ2) is 10.7. The number of aryl methyl sites for hydroxylation is 1. The van der Waals surface area contributed by atoms with Gasteiger partial charge in [0, 0.05) is 13.1 Å². The highest BCUT2D eigenvalue weighted by molar-refractivity contribution is 5.81. The van der Waals surface area contributed by atoms with Crippen molar-refractivity contribution in [2.24, 2.45) is 0 Å². The number of para-hydroxylation sites is 2. The number of nitrogens with one attached hydrogen (secondary N) is 1. The summed E-state index contributed by atoms with van der Waals surface area (Å²) in [5.74, 6) is 0.953. The number of likely N-dealkylation sites (N-methyl/N-ethyl adjacent to an activating group) is 1. The summed E-state index contributed by atoms with van der Waals surface area (Å²) >= 11 is 0. The molecule has 0 spiro atoms. The monoisotopic (exact) mass is 380 g/mol. The number of benzene rings is 2. The Kier molecular flexibility index (Phi) is 7.77. The predicted octanol–water partition coefficient (Wildman–Crippen LogP) is 4.90. The number of ether oxygens (including phenoxy) is 1. The average molecular weight is 381 g/mol. The lowest BCUT2D eigenvalue weighted by Gasteiger charge is -2.31. The normalized spacial score (nSPS) is 14.5. The van der Waals surface area contributed by atoms with Crippen molar-refractivity contribution >= 4 is 11.6 Å². The smallest absolute Gasteiger partial charge is 0.241 e. The third kappa shape index (κ3) is 6.01. The van der Waals surface area contributed by atoms with Gasteiger partial charge in [-0.25, -0.2) is 0 Å². The lowest BCUT2D eigenvalue weighted by atomic mass is 9.94. The van der Waals surface area contributed by atoms with Crippen molar-refractivity contribution in [3.63, 3.8) is 0 Å². The highest BCUT2D eigenvalue weighted by atomic mass is 16.5. The van der Waals surface area contributed by atoms with Crippen LogP contribution < -0.4 is 10.1 Å². The van der Waals surface area contributed by atoms with Crippen molar-refractivity contribution in [2.75, 3.05) is 25.5 Å². The maximum Gasteiger partial charge on any atom is 0.241 e. The van der Waals surface area contributed by atoms with E-state index in [-0.39, 0.29) is 5.91 Å². The number of rotatable bonds is 9. The van der Waals surface area contributed by atoms with E-state index in [9.17, 15) is 4.79 Å². The number of anilines is 1. The van der Waals surface area contributed by atoms with Crippen LogP contribution in [-0.2, 0) is 11.2 Å². The van der Waals surface area contributed by atoms with E-state index in [4.69, 9.17) is 4.74 Å².